The highest BCUT2D eigenvalue weighted by molar-refractivity contribution is 5.90. The molecule has 4 atom stereocenters. The standard InChI is InChI=1S/C53H54O9/c1-33(2)41-21-19-36-18-20-40-30-38(17-16-35-13-10-14-37(28-35)27-34-11-6-5-7-12-34)31-46(55)59-49-47-45(23-22-42-44(32-54)43(24-26-58-4)52(57)60-48(42)47)62-53(3,50(49)61-51(41)56)25-9-8-15-39(40)29-36/h5-7,10-14,18,20,22-23,28-29,38,49-50,54H,15-17,19,21,24-27,30-32H2,1-4H3. The van der Waals surface area contributed by atoms with Gasteiger partial charge in [-0.1, -0.05) is 90.2 Å². The molecule has 1 N–H and O–H groups in total. The van der Waals surface area contributed by atoms with Gasteiger partial charge >= 0.3 is 17.6 Å². The smallest absolute Gasteiger partial charge is 0.339 e. The van der Waals surface area contributed by atoms with E-state index in [1.54, 1.807) is 12.1 Å². The molecule has 5 aromatic rings. The molecule has 0 amide bonds. The van der Waals surface area contributed by atoms with Crippen LogP contribution >= 0.6 is 0 Å². The second-order valence-corrected chi connectivity index (χ2v) is 17.3. The molecular weight excluding hydrogens is 781 g/mol. The SMILES string of the molecule is COCCc1c(CO)c2ccc3c(c2oc1=O)C1OC(=O)CC(CCc2cccc(Cc4ccccc4)c2)Cc2ccc4cc2CC#CCC(C)(O3)C1OC(=O)C(=C(C)C)CC4. The summed E-state index contributed by atoms with van der Waals surface area (Å²) in [6, 6.07) is 29.0. The van der Waals surface area contributed by atoms with Crippen LogP contribution in [0.4, 0.5) is 0 Å². The van der Waals surface area contributed by atoms with E-state index in [2.05, 4.69) is 78.6 Å². The van der Waals surface area contributed by atoms with Crippen LogP contribution < -0.4 is 10.4 Å². The fraction of sp³-hybridized carbons (Fsp3) is 0.377. The average Bonchev–Trinajstić information content (AvgIpc) is 3.25. The van der Waals surface area contributed by atoms with Crippen molar-refractivity contribution in [3.63, 3.8) is 0 Å². The summed E-state index contributed by atoms with van der Waals surface area (Å²) < 4.78 is 31.3. The Kier molecular flexibility index (Phi) is 12.8. The Balaban J connectivity index is 1.25. The largest absolute Gasteiger partial charge is 0.482 e. The second kappa shape index (κ2) is 18.6. The Labute approximate surface area is 363 Å². The number of hydrogen-bond acceptors (Lipinski definition) is 9. The van der Waals surface area contributed by atoms with Gasteiger partial charge in [0, 0.05) is 42.9 Å². The first-order chi connectivity index (χ1) is 30.0. The van der Waals surface area contributed by atoms with Gasteiger partial charge in [-0.3, -0.25) is 4.79 Å². The van der Waals surface area contributed by atoms with E-state index >= 15 is 0 Å². The molecule has 0 saturated heterocycles. The number of aryl methyl sites for hydroxylation is 2. The number of ether oxygens (including phenoxy) is 4. The maximum Gasteiger partial charge on any atom is 0.339 e. The van der Waals surface area contributed by atoms with Gasteiger partial charge in [0.15, 0.2) is 17.8 Å². The minimum Gasteiger partial charge on any atom is -0.482 e. The number of methoxy groups -OCH3 is 1. The van der Waals surface area contributed by atoms with Crippen molar-refractivity contribution in [2.45, 2.75) is 109 Å². The number of aliphatic hydroxyl groups excluding tert-OH is 1. The Morgan fingerprint density at radius 1 is 0.839 bits per heavy atom. The molecule has 320 valence electrons. The lowest BCUT2D eigenvalue weighted by Gasteiger charge is -2.44. The number of allylic oxidation sites excluding steroid dienone is 1. The Bertz CT molecular complexity index is 2640. The normalized spacial score (nSPS) is 21.1. The van der Waals surface area contributed by atoms with Gasteiger partial charge in [0.1, 0.15) is 11.3 Å². The van der Waals surface area contributed by atoms with Crippen molar-refractivity contribution in [2.75, 3.05) is 13.7 Å². The zero-order chi connectivity index (χ0) is 43.4. The molecule has 4 unspecified atom stereocenters. The molecule has 3 aliphatic rings. The highest BCUT2D eigenvalue weighted by Gasteiger charge is 2.53. The number of hydrogen-bond donors (Lipinski definition) is 1. The number of carbonyl (C=O) groups is 2. The van der Waals surface area contributed by atoms with Crippen molar-refractivity contribution in [3.8, 4) is 17.6 Å². The summed E-state index contributed by atoms with van der Waals surface area (Å²) in [5, 5.41) is 11.1. The summed E-state index contributed by atoms with van der Waals surface area (Å²) in [4.78, 5) is 42.9. The van der Waals surface area contributed by atoms with Gasteiger partial charge in [-0.2, -0.15) is 0 Å². The Morgan fingerprint density at radius 2 is 1.65 bits per heavy atom. The first-order valence-corrected chi connectivity index (χ1v) is 21.7. The van der Waals surface area contributed by atoms with Crippen molar-refractivity contribution in [2.24, 2.45) is 5.92 Å². The third kappa shape index (κ3) is 9.13. The molecule has 4 heterocycles. The Hall–Kier alpha value is -5.95. The van der Waals surface area contributed by atoms with Gasteiger partial charge in [0.05, 0.1) is 25.2 Å². The topological polar surface area (TPSA) is 122 Å². The summed E-state index contributed by atoms with van der Waals surface area (Å²) in [6.45, 7) is 5.40. The van der Waals surface area contributed by atoms with E-state index in [0.717, 1.165) is 35.1 Å². The number of rotatable bonds is 9. The van der Waals surface area contributed by atoms with E-state index in [1.165, 1.54) is 23.8 Å². The van der Waals surface area contributed by atoms with Crippen LogP contribution in [0.3, 0.4) is 0 Å². The summed E-state index contributed by atoms with van der Waals surface area (Å²) in [7, 11) is 1.54. The van der Waals surface area contributed by atoms with Crippen LogP contribution in [0.2, 0.25) is 0 Å². The molecule has 3 aliphatic heterocycles. The van der Waals surface area contributed by atoms with E-state index in [-0.39, 0.29) is 42.9 Å². The third-order valence-electron chi connectivity index (χ3n) is 12.7. The number of fused-ring (bicyclic) bond motifs is 7. The zero-order valence-electron chi connectivity index (χ0n) is 36.0. The van der Waals surface area contributed by atoms with Crippen molar-refractivity contribution >= 4 is 22.9 Å². The van der Waals surface area contributed by atoms with Crippen LogP contribution in [0, 0.1) is 17.8 Å². The first kappa shape index (κ1) is 42.7. The summed E-state index contributed by atoms with van der Waals surface area (Å²) in [5.74, 6) is 5.92. The first-order valence-electron chi connectivity index (χ1n) is 21.7. The van der Waals surface area contributed by atoms with E-state index in [4.69, 9.17) is 23.4 Å². The van der Waals surface area contributed by atoms with Crippen LogP contribution in [-0.4, -0.2) is 42.5 Å². The lowest BCUT2D eigenvalue weighted by atomic mass is 9.82. The molecule has 1 aromatic heterocycles. The fourth-order valence-electron chi connectivity index (χ4n) is 9.31. The lowest BCUT2D eigenvalue weighted by Crippen LogP contribution is -2.54. The minimum atomic E-state index is -1.29. The molecule has 62 heavy (non-hydrogen) atoms. The zero-order valence-corrected chi connectivity index (χ0v) is 36.0. The quantitative estimate of drug-likeness (QED) is 0.0672. The summed E-state index contributed by atoms with van der Waals surface area (Å²) in [5.41, 5.74) is 7.42. The maximum absolute atomic E-state index is 14.7. The fourth-order valence-corrected chi connectivity index (χ4v) is 9.31. The number of aliphatic hydroxyl groups is 1. The molecule has 9 nitrogen and oxygen atoms in total. The van der Waals surface area contributed by atoms with Crippen molar-refractivity contribution in [3.05, 3.63) is 157 Å². The van der Waals surface area contributed by atoms with Crippen LogP contribution in [0.15, 0.2) is 105 Å². The molecule has 0 fully saturated rings. The van der Waals surface area contributed by atoms with Gasteiger partial charge in [0.25, 0.3) is 0 Å². The van der Waals surface area contributed by atoms with Gasteiger partial charge in [0.2, 0.25) is 0 Å². The van der Waals surface area contributed by atoms with Crippen LogP contribution in [0.5, 0.6) is 5.75 Å². The molecule has 0 spiro atoms. The lowest BCUT2D eigenvalue weighted by molar-refractivity contribution is -0.190. The molecule has 8 rings (SSSR count). The van der Waals surface area contributed by atoms with Gasteiger partial charge < -0.3 is 28.5 Å². The Morgan fingerprint density at radius 3 is 2.44 bits per heavy atom. The highest BCUT2D eigenvalue weighted by Crippen LogP contribution is 2.49. The second-order valence-electron chi connectivity index (χ2n) is 17.3. The van der Waals surface area contributed by atoms with Crippen LogP contribution in [0.25, 0.3) is 11.0 Å². The molecule has 9 heteroatoms. The molecular formula is C53H54O9. The summed E-state index contributed by atoms with van der Waals surface area (Å²) >= 11 is 0. The van der Waals surface area contributed by atoms with E-state index in [1.807, 2.05) is 26.8 Å². The molecule has 0 aliphatic carbocycles. The van der Waals surface area contributed by atoms with Gasteiger partial charge in [-0.05, 0) is 116 Å². The maximum atomic E-state index is 14.7. The number of benzene rings is 4. The summed E-state index contributed by atoms with van der Waals surface area (Å²) in [6.07, 6.45) is 2.49. The number of carbonyl (C=O) groups excluding carboxylic acids is 2. The van der Waals surface area contributed by atoms with E-state index in [0.29, 0.717) is 59.9 Å². The molecule has 0 radical (unpaired) electrons. The predicted octanol–water partition coefficient (Wildman–Crippen LogP) is 8.83. The van der Waals surface area contributed by atoms with Gasteiger partial charge in [-0.15, -0.1) is 0 Å². The third-order valence-corrected chi connectivity index (χ3v) is 12.7. The molecule has 4 aromatic carbocycles. The molecule has 0 saturated carbocycles. The monoisotopic (exact) mass is 834 g/mol. The number of esters is 2. The van der Waals surface area contributed by atoms with Crippen LogP contribution in [0.1, 0.15) is 103 Å². The average molecular weight is 835 g/mol. The van der Waals surface area contributed by atoms with Crippen molar-refractivity contribution < 1.29 is 38.1 Å². The molecule has 5 bridgehead atoms. The highest BCUT2D eigenvalue weighted by atomic mass is 16.6. The van der Waals surface area contributed by atoms with E-state index in [9.17, 15) is 19.5 Å². The predicted molar refractivity (Wildman–Crippen MR) is 237 cm³/mol. The minimum absolute atomic E-state index is 0.0810. The van der Waals surface area contributed by atoms with Crippen LogP contribution in [-0.2, 0) is 68.9 Å². The van der Waals surface area contributed by atoms with Gasteiger partial charge in [-0.25, -0.2) is 9.59 Å². The van der Waals surface area contributed by atoms with E-state index < -0.39 is 42.0 Å². The van der Waals surface area contributed by atoms with Crippen molar-refractivity contribution in [1.82, 2.24) is 0 Å². The van der Waals surface area contributed by atoms with Crippen molar-refractivity contribution in [1.29, 1.82) is 0 Å².